The van der Waals surface area contributed by atoms with Crippen molar-refractivity contribution in [2.24, 2.45) is 0 Å². The molecule has 3 heteroatoms. The number of hydrogen-bond donors (Lipinski definition) is 0. The molecule has 0 aliphatic heterocycles. The fourth-order valence-electron chi connectivity index (χ4n) is 3.10. The van der Waals surface area contributed by atoms with Crippen LogP contribution in [0.4, 0.5) is 5.69 Å². The van der Waals surface area contributed by atoms with Crippen LogP contribution in [0.25, 0.3) is 0 Å². The first-order chi connectivity index (χ1) is 12.8. The second-order valence-electron chi connectivity index (χ2n) is 6.31. The van der Waals surface area contributed by atoms with Gasteiger partial charge in [-0.3, -0.25) is 0 Å². The Kier molecular flexibility index (Phi) is 6.30. The Morgan fingerprint density at radius 3 is 2.08 bits per heavy atom. The van der Waals surface area contributed by atoms with Gasteiger partial charge in [0.15, 0.2) is 0 Å². The normalized spacial score (nSPS) is 11.5. The monoisotopic (exact) mass is 360 g/mol. The van der Waals surface area contributed by atoms with E-state index >= 15 is 0 Å². The van der Waals surface area contributed by atoms with Crippen molar-refractivity contribution in [3.63, 3.8) is 0 Å². The molecule has 3 aromatic rings. The minimum Gasteiger partial charge on any atom is -0.367 e. The molecule has 0 aliphatic rings. The highest BCUT2D eigenvalue weighted by molar-refractivity contribution is 6.30. The van der Waals surface area contributed by atoms with Crippen molar-refractivity contribution in [3.05, 3.63) is 101 Å². The Morgan fingerprint density at radius 1 is 0.846 bits per heavy atom. The van der Waals surface area contributed by atoms with E-state index in [9.17, 15) is 5.26 Å². The lowest BCUT2D eigenvalue weighted by Gasteiger charge is -2.29. The predicted octanol–water partition coefficient (Wildman–Crippen LogP) is 6.04. The summed E-state index contributed by atoms with van der Waals surface area (Å²) in [4.78, 5) is 2.34. The number of halogens is 1. The first-order valence-electron chi connectivity index (χ1n) is 8.72. The molecular weight excluding hydrogens is 340 g/mol. The minimum absolute atomic E-state index is 0.126. The molecule has 0 saturated heterocycles. The highest BCUT2D eigenvalue weighted by atomic mass is 35.5. The number of nitriles is 1. The van der Waals surface area contributed by atoms with Crippen LogP contribution in [0.2, 0.25) is 5.02 Å². The van der Waals surface area contributed by atoms with Gasteiger partial charge in [0, 0.05) is 36.1 Å². The number of anilines is 1. The number of nitrogens with zero attached hydrogens (tertiary/aromatic N) is 2. The fourth-order valence-corrected chi connectivity index (χ4v) is 3.23. The van der Waals surface area contributed by atoms with Gasteiger partial charge in [-0.05, 0) is 35.4 Å². The summed E-state index contributed by atoms with van der Waals surface area (Å²) in [6.07, 6.45) is 0.472. The highest BCUT2D eigenvalue weighted by Crippen LogP contribution is 2.26. The molecule has 26 heavy (non-hydrogen) atoms. The van der Waals surface area contributed by atoms with Crippen LogP contribution in [-0.4, -0.2) is 6.54 Å². The van der Waals surface area contributed by atoms with Crippen LogP contribution in [-0.2, 0) is 6.54 Å². The van der Waals surface area contributed by atoms with Crippen LogP contribution in [0.5, 0.6) is 0 Å². The molecule has 0 aromatic heterocycles. The third kappa shape index (κ3) is 4.88. The average Bonchev–Trinajstić information content (AvgIpc) is 2.69. The maximum absolute atomic E-state index is 9.33. The Bertz CT molecular complexity index is 839. The molecule has 0 saturated carbocycles. The molecule has 130 valence electrons. The molecule has 2 nitrogen and oxygen atoms in total. The van der Waals surface area contributed by atoms with Gasteiger partial charge in [-0.1, -0.05) is 72.3 Å². The fraction of sp³-hybridized carbons (Fsp3) is 0.174. The zero-order valence-corrected chi connectivity index (χ0v) is 15.3. The van der Waals surface area contributed by atoms with Crippen LogP contribution in [0, 0.1) is 11.3 Å². The molecule has 0 amide bonds. The summed E-state index contributed by atoms with van der Waals surface area (Å²) in [5.74, 6) is 0.126. The maximum Gasteiger partial charge on any atom is 0.0628 e. The van der Waals surface area contributed by atoms with Crippen molar-refractivity contribution in [1.82, 2.24) is 0 Å². The van der Waals surface area contributed by atoms with Gasteiger partial charge in [0.2, 0.25) is 0 Å². The molecule has 3 rings (SSSR count). The third-order valence-corrected chi connectivity index (χ3v) is 4.71. The van der Waals surface area contributed by atoms with E-state index in [1.807, 2.05) is 36.4 Å². The standard InChI is InChI=1S/C23H21ClN2/c24-22-13-11-20(12-14-22)21(15-16-25)18-26(23-9-5-2-6-10-23)17-19-7-3-1-4-8-19/h1-14,21H,15,17-18H2. The molecule has 1 atom stereocenters. The lowest BCUT2D eigenvalue weighted by molar-refractivity contribution is 0.652. The molecular formula is C23H21ClN2. The number of benzene rings is 3. The predicted molar refractivity (Wildman–Crippen MR) is 108 cm³/mol. The SMILES string of the molecule is N#CCC(CN(Cc1ccccc1)c1ccccc1)c1ccc(Cl)cc1. The highest BCUT2D eigenvalue weighted by Gasteiger charge is 2.17. The average molecular weight is 361 g/mol. The number of hydrogen-bond acceptors (Lipinski definition) is 2. The number of para-hydroxylation sites is 1. The molecule has 0 heterocycles. The maximum atomic E-state index is 9.33. The van der Waals surface area contributed by atoms with E-state index in [2.05, 4.69) is 59.5 Å². The Hall–Kier alpha value is -2.76. The van der Waals surface area contributed by atoms with Crippen molar-refractivity contribution in [2.75, 3.05) is 11.4 Å². The topological polar surface area (TPSA) is 27.0 Å². The second kappa shape index (κ2) is 9.08. The molecule has 1 unspecified atom stereocenters. The van der Waals surface area contributed by atoms with Gasteiger partial charge in [0.25, 0.3) is 0 Å². The van der Waals surface area contributed by atoms with Gasteiger partial charge in [0.1, 0.15) is 0 Å². The quantitative estimate of drug-likeness (QED) is 0.513. The van der Waals surface area contributed by atoms with Gasteiger partial charge in [-0.15, -0.1) is 0 Å². The zero-order valence-electron chi connectivity index (χ0n) is 14.6. The first-order valence-corrected chi connectivity index (χ1v) is 9.10. The van der Waals surface area contributed by atoms with E-state index in [4.69, 9.17) is 11.6 Å². The van der Waals surface area contributed by atoms with Gasteiger partial charge < -0.3 is 4.90 Å². The van der Waals surface area contributed by atoms with Crippen molar-refractivity contribution in [1.29, 1.82) is 5.26 Å². The minimum atomic E-state index is 0.126. The summed E-state index contributed by atoms with van der Waals surface area (Å²) in [6, 6.07) is 31.0. The molecule has 0 radical (unpaired) electrons. The second-order valence-corrected chi connectivity index (χ2v) is 6.75. The van der Waals surface area contributed by atoms with Gasteiger partial charge in [-0.25, -0.2) is 0 Å². The van der Waals surface area contributed by atoms with E-state index in [0.717, 1.165) is 24.3 Å². The molecule has 0 aliphatic carbocycles. The van der Waals surface area contributed by atoms with Crippen molar-refractivity contribution < 1.29 is 0 Å². The lowest BCUT2D eigenvalue weighted by Crippen LogP contribution is -2.28. The Labute approximate surface area is 160 Å². The molecule has 0 N–H and O–H groups in total. The van der Waals surface area contributed by atoms with E-state index in [1.54, 1.807) is 0 Å². The van der Waals surface area contributed by atoms with Crippen LogP contribution in [0.1, 0.15) is 23.5 Å². The zero-order chi connectivity index (χ0) is 18.2. The lowest BCUT2D eigenvalue weighted by atomic mass is 9.95. The van der Waals surface area contributed by atoms with Crippen LogP contribution in [0.15, 0.2) is 84.9 Å². The number of rotatable bonds is 7. The van der Waals surface area contributed by atoms with Crippen LogP contribution >= 0.6 is 11.6 Å². The summed E-state index contributed by atoms with van der Waals surface area (Å²) < 4.78 is 0. The van der Waals surface area contributed by atoms with E-state index < -0.39 is 0 Å². The summed E-state index contributed by atoms with van der Waals surface area (Å²) in [7, 11) is 0. The molecule has 0 spiro atoms. The summed E-state index contributed by atoms with van der Waals surface area (Å²) in [6.45, 7) is 1.58. The van der Waals surface area contributed by atoms with Gasteiger partial charge in [0.05, 0.1) is 6.07 Å². The molecule has 3 aromatic carbocycles. The van der Waals surface area contributed by atoms with Crippen molar-refractivity contribution >= 4 is 17.3 Å². The largest absolute Gasteiger partial charge is 0.367 e. The van der Waals surface area contributed by atoms with Gasteiger partial charge in [-0.2, -0.15) is 5.26 Å². The van der Waals surface area contributed by atoms with Gasteiger partial charge >= 0.3 is 0 Å². The molecule has 0 fully saturated rings. The first kappa shape index (κ1) is 18.0. The van der Waals surface area contributed by atoms with Crippen LogP contribution in [0.3, 0.4) is 0 Å². The van der Waals surface area contributed by atoms with Crippen LogP contribution < -0.4 is 4.90 Å². The Balaban J connectivity index is 1.87. The van der Waals surface area contributed by atoms with E-state index in [0.29, 0.717) is 11.4 Å². The third-order valence-electron chi connectivity index (χ3n) is 4.46. The summed E-state index contributed by atoms with van der Waals surface area (Å²) in [5, 5.41) is 10.0. The summed E-state index contributed by atoms with van der Waals surface area (Å²) in [5.41, 5.74) is 3.56. The van der Waals surface area contributed by atoms with Crippen molar-refractivity contribution in [2.45, 2.75) is 18.9 Å². The van der Waals surface area contributed by atoms with E-state index in [1.165, 1.54) is 5.56 Å². The van der Waals surface area contributed by atoms with Crippen molar-refractivity contribution in [3.8, 4) is 6.07 Å². The smallest absolute Gasteiger partial charge is 0.0628 e. The summed E-state index contributed by atoms with van der Waals surface area (Å²) >= 11 is 6.03. The molecule has 0 bridgehead atoms. The van der Waals surface area contributed by atoms with E-state index in [-0.39, 0.29) is 5.92 Å². The Morgan fingerprint density at radius 2 is 1.46 bits per heavy atom.